The van der Waals surface area contributed by atoms with Crippen molar-refractivity contribution in [2.45, 2.75) is 30.7 Å². The van der Waals surface area contributed by atoms with Gasteiger partial charge in [-0.25, -0.2) is 12.8 Å². The number of hydrogen-bond donors (Lipinski definition) is 2. The van der Waals surface area contributed by atoms with Gasteiger partial charge in [0.25, 0.3) is 0 Å². The van der Waals surface area contributed by atoms with Crippen molar-refractivity contribution in [2.75, 3.05) is 6.54 Å². The highest BCUT2D eigenvalue weighted by molar-refractivity contribution is 7.89. The highest BCUT2D eigenvalue weighted by atomic mass is 32.2. The molecule has 2 N–H and O–H groups in total. The van der Waals surface area contributed by atoms with Crippen molar-refractivity contribution in [3.63, 3.8) is 0 Å². The molecule has 0 aromatic heterocycles. The Morgan fingerprint density at radius 1 is 1.08 bits per heavy atom. The molecule has 0 aliphatic carbocycles. The zero-order valence-corrected chi connectivity index (χ0v) is 14.7. The van der Waals surface area contributed by atoms with Gasteiger partial charge in [0.15, 0.2) is 0 Å². The van der Waals surface area contributed by atoms with Gasteiger partial charge in [-0.2, -0.15) is 4.72 Å². The van der Waals surface area contributed by atoms with E-state index in [-0.39, 0.29) is 11.3 Å². The minimum Gasteiger partial charge on any atom is -0.355 e. The van der Waals surface area contributed by atoms with Crippen molar-refractivity contribution in [3.8, 4) is 0 Å². The van der Waals surface area contributed by atoms with Gasteiger partial charge < -0.3 is 5.32 Å². The molecule has 2 aromatic carbocycles. The van der Waals surface area contributed by atoms with E-state index in [1.54, 1.807) is 0 Å². The third kappa shape index (κ3) is 5.65. The Bertz CT molecular complexity index is 793. The molecule has 0 radical (unpaired) electrons. The molecular formula is C18H21FN2O3S. The summed E-state index contributed by atoms with van der Waals surface area (Å²) in [6.07, 6.45) is 0.964. The van der Waals surface area contributed by atoms with Gasteiger partial charge in [-0.15, -0.1) is 0 Å². The normalized spacial score (nSPS) is 12.6. The molecule has 7 heteroatoms. The monoisotopic (exact) mass is 364 g/mol. The van der Waals surface area contributed by atoms with E-state index >= 15 is 0 Å². The van der Waals surface area contributed by atoms with Crippen LogP contribution in [0.2, 0.25) is 0 Å². The quantitative estimate of drug-likeness (QED) is 0.754. The van der Waals surface area contributed by atoms with Crippen LogP contribution in [0.25, 0.3) is 0 Å². The number of nitrogens with one attached hydrogen (secondary N) is 2. The highest BCUT2D eigenvalue weighted by Gasteiger charge is 2.25. The molecule has 0 fully saturated rings. The maximum absolute atomic E-state index is 13.0. The predicted octanol–water partition coefficient (Wildman–Crippen LogP) is 2.24. The topological polar surface area (TPSA) is 75.3 Å². The Morgan fingerprint density at radius 2 is 1.72 bits per heavy atom. The molecule has 2 rings (SSSR count). The summed E-state index contributed by atoms with van der Waals surface area (Å²) in [5.74, 6) is -0.920. The van der Waals surface area contributed by atoms with Crippen molar-refractivity contribution in [1.29, 1.82) is 0 Å². The molecule has 0 heterocycles. The number of halogens is 1. The maximum atomic E-state index is 13.0. The molecule has 0 unspecified atom stereocenters. The van der Waals surface area contributed by atoms with Gasteiger partial charge in [0.2, 0.25) is 15.9 Å². The summed E-state index contributed by atoms with van der Waals surface area (Å²) >= 11 is 0. The van der Waals surface area contributed by atoms with Gasteiger partial charge in [0, 0.05) is 6.54 Å². The number of rotatable bonds is 8. The van der Waals surface area contributed by atoms with E-state index in [0.717, 1.165) is 24.1 Å². The van der Waals surface area contributed by atoms with Crippen LogP contribution in [0.3, 0.4) is 0 Å². The lowest BCUT2D eigenvalue weighted by atomic mass is 10.1. The van der Waals surface area contributed by atoms with Crippen LogP contribution in [-0.4, -0.2) is 26.9 Å². The second kappa shape index (κ2) is 8.73. The lowest BCUT2D eigenvalue weighted by Gasteiger charge is -2.18. The van der Waals surface area contributed by atoms with E-state index in [4.69, 9.17) is 0 Å². The van der Waals surface area contributed by atoms with Crippen molar-refractivity contribution < 1.29 is 17.6 Å². The largest absolute Gasteiger partial charge is 0.355 e. The van der Waals surface area contributed by atoms with E-state index in [9.17, 15) is 17.6 Å². The first-order valence-corrected chi connectivity index (χ1v) is 9.50. The van der Waals surface area contributed by atoms with Crippen LogP contribution in [0.4, 0.5) is 4.39 Å². The van der Waals surface area contributed by atoms with Gasteiger partial charge in [-0.1, -0.05) is 37.3 Å². The number of carbonyl (C=O) groups is 1. The van der Waals surface area contributed by atoms with Crippen LogP contribution in [0.5, 0.6) is 0 Å². The van der Waals surface area contributed by atoms with Crippen LogP contribution < -0.4 is 10.0 Å². The van der Waals surface area contributed by atoms with E-state index in [1.807, 2.05) is 37.3 Å². The number of sulfonamides is 1. The first kappa shape index (κ1) is 19.1. The number of hydrogen-bond acceptors (Lipinski definition) is 3. The summed E-state index contributed by atoms with van der Waals surface area (Å²) in [4.78, 5) is 12.3. The van der Waals surface area contributed by atoms with E-state index in [0.29, 0.717) is 6.54 Å². The van der Waals surface area contributed by atoms with Gasteiger partial charge in [-0.3, -0.25) is 4.79 Å². The zero-order chi connectivity index (χ0) is 18.3. The molecule has 0 saturated carbocycles. The highest BCUT2D eigenvalue weighted by Crippen LogP contribution is 2.12. The van der Waals surface area contributed by atoms with E-state index < -0.39 is 27.8 Å². The first-order chi connectivity index (χ1) is 11.9. The fourth-order valence-electron chi connectivity index (χ4n) is 2.28. The molecule has 1 amide bonds. The van der Waals surface area contributed by atoms with Gasteiger partial charge in [0.1, 0.15) is 11.9 Å². The molecule has 5 nitrogen and oxygen atoms in total. The zero-order valence-electron chi connectivity index (χ0n) is 13.9. The van der Waals surface area contributed by atoms with Gasteiger partial charge in [0.05, 0.1) is 4.90 Å². The lowest BCUT2D eigenvalue weighted by Crippen LogP contribution is -2.48. The Balaban J connectivity index is 2.22. The van der Waals surface area contributed by atoms with Crippen LogP contribution in [0.1, 0.15) is 18.9 Å². The fourth-order valence-corrected chi connectivity index (χ4v) is 3.47. The van der Waals surface area contributed by atoms with E-state index in [2.05, 4.69) is 10.0 Å². The number of carbonyl (C=O) groups excluding carboxylic acids is 1. The summed E-state index contributed by atoms with van der Waals surface area (Å²) in [5, 5.41) is 2.71. The summed E-state index contributed by atoms with van der Waals surface area (Å²) in [6.45, 7) is 2.37. The van der Waals surface area contributed by atoms with Crippen LogP contribution in [0.15, 0.2) is 59.5 Å². The average Bonchev–Trinajstić information content (AvgIpc) is 2.60. The van der Waals surface area contributed by atoms with Gasteiger partial charge >= 0.3 is 0 Å². The molecule has 1 atom stereocenters. The Kier molecular flexibility index (Phi) is 6.66. The van der Waals surface area contributed by atoms with Crippen molar-refractivity contribution in [2.24, 2.45) is 0 Å². The fraction of sp³-hybridized carbons (Fsp3) is 0.278. The van der Waals surface area contributed by atoms with Crippen LogP contribution in [-0.2, 0) is 21.2 Å². The minimum atomic E-state index is -3.94. The van der Waals surface area contributed by atoms with Gasteiger partial charge in [-0.05, 0) is 42.7 Å². The molecule has 0 aliphatic heterocycles. The summed E-state index contributed by atoms with van der Waals surface area (Å²) in [7, 11) is -3.94. The molecule has 2 aromatic rings. The third-order valence-electron chi connectivity index (χ3n) is 3.57. The molecule has 0 bridgehead atoms. The Labute approximate surface area is 147 Å². The Hall–Kier alpha value is -2.25. The molecule has 0 aliphatic rings. The Morgan fingerprint density at radius 3 is 2.32 bits per heavy atom. The summed E-state index contributed by atoms with van der Waals surface area (Å²) in [5.41, 5.74) is 0.834. The van der Waals surface area contributed by atoms with Crippen molar-refractivity contribution in [3.05, 3.63) is 66.0 Å². The first-order valence-electron chi connectivity index (χ1n) is 8.02. The maximum Gasteiger partial charge on any atom is 0.241 e. The van der Waals surface area contributed by atoms with Crippen LogP contribution >= 0.6 is 0 Å². The second-order valence-corrected chi connectivity index (χ2v) is 7.32. The predicted molar refractivity (Wildman–Crippen MR) is 94.0 cm³/mol. The van der Waals surface area contributed by atoms with Crippen LogP contribution in [0, 0.1) is 5.82 Å². The standard InChI is InChI=1S/C18H21FN2O3S/c1-2-12-20-18(22)17(13-14-6-4-3-5-7-14)21-25(23,24)16-10-8-15(19)9-11-16/h3-11,17,21H,2,12-13H2,1H3,(H,20,22)/t17-/m0/s1. The lowest BCUT2D eigenvalue weighted by molar-refractivity contribution is -0.122. The van der Waals surface area contributed by atoms with Crippen molar-refractivity contribution >= 4 is 15.9 Å². The van der Waals surface area contributed by atoms with Crippen molar-refractivity contribution in [1.82, 2.24) is 10.0 Å². The third-order valence-corrected chi connectivity index (χ3v) is 5.06. The SMILES string of the molecule is CCCNC(=O)[C@H](Cc1ccccc1)NS(=O)(=O)c1ccc(F)cc1. The van der Waals surface area contributed by atoms with E-state index in [1.165, 1.54) is 12.1 Å². The smallest absolute Gasteiger partial charge is 0.241 e. The molecule has 25 heavy (non-hydrogen) atoms. The average molecular weight is 364 g/mol. The molecule has 0 spiro atoms. The molecule has 0 saturated heterocycles. The minimum absolute atomic E-state index is 0.0877. The summed E-state index contributed by atoms with van der Waals surface area (Å²) in [6, 6.07) is 12.7. The second-order valence-electron chi connectivity index (χ2n) is 5.61. The molecule has 134 valence electrons. The number of benzene rings is 2. The number of amides is 1. The summed E-state index contributed by atoms with van der Waals surface area (Å²) < 4.78 is 40.5. The molecular weight excluding hydrogens is 343 g/mol.